The predicted molar refractivity (Wildman–Crippen MR) is 147 cm³/mol. The Kier molecular flexibility index (Phi) is 8.11. The second-order valence-electron chi connectivity index (χ2n) is 9.00. The van der Waals surface area contributed by atoms with Gasteiger partial charge in [-0.2, -0.15) is 0 Å². The van der Waals surface area contributed by atoms with Crippen LogP contribution in [0.5, 0.6) is 5.75 Å². The summed E-state index contributed by atoms with van der Waals surface area (Å²) in [5, 5.41) is 8.45. The highest BCUT2D eigenvalue weighted by Crippen LogP contribution is 2.26. The zero-order chi connectivity index (χ0) is 27.2. The van der Waals surface area contributed by atoms with Crippen molar-refractivity contribution in [3.8, 4) is 5.75 Å². The zero-order valence-corrected chi connectivity index (χ0v) is 21.8. The highest BCUT2D eigenvalue weighted by Gasteiger charge is 2.27. The molecule has 0 unspecified atom stereocenters. The number of esters is 1. The molecule has 4 aromatic rings. The predicted octanol–water partition coefficient (Wildman–Crippen LogP) is 4.35. The fraction of sp³-hybridized carbons (Fsp3) is 0.233. The molecule has 196 valence electrons. The van der Waals surface area contributed by atoms with Gasteiger partial charge < -0.3 is 25.1 Å². The number of hydrogen-bond acceptors (Lipinski definition) is 5. The molecule has 1 heterocycles. The van der Waals surface area contributed by atoms with Crippen molar-refractivity contribution in [1.29, 1.82) is 0 Å². The molecule has 8 heteroatoms. The molecule has 3 N–H and O–H groups in total. The van der Waals surface area contributed by atoms with Gasteiger partial charge in [0.05, 0.1) is 20.1 Å². The summed E-state index contributed by atoms with van der Waals surface area (Å²) >= 11 is 0. The maximum Gasteiger partial charge on any atom is 0.354 e. The van der Waals surface area contributed by atoms with Crippen LogP contribution in [0.3, 0.4) is 0 Å². The van der Waals surface area contributed by atoms with Gasteiger partial charge in [0.1, 0.15) is 17.5 Å². The number of benzene rings is 3. The van der Waals surface area contributed by atoms with E-state index in [1.807, 2.05) is 66.9 Å². The van der Waals surface area contributed by atoms with Crippen molar-refractivity contribution in [2.24, 2.45) is 0 Å². The number of fused-ring (bicyclic) bond motifs is 2. The average molecular weight is 514 g/mol. The Morgan fingerprint density at radius 3 is 2.45 bits per heavy atom. The first-order chi connectivity index (χ1) is 18.3. The van der Waals surface area contributed by atoms with Crippen molar-refractivity contribution in [3.63, 3.8) is 0 Å². The Labute approximate surface area is 221 Å². The normalized spacial score (nSPS) is 13.1. The molecule has 38 heavy (non-hydrogen) atoms. The molecule has 2 amide bonds. The van der Waals surface area contributed by atoms with E-state index >= 15 is 0 Å². The van der Waals surface area contributed by atoms with E-state index in [1.54, 1.807) is 21.0 Å². The van der Waals surface area contributed by atoms with Gasteiger partial charge in [-0.25, -0.2) is 4.79 Å². The van der Waals surface area contributed by atoms with Crippen LogP contribution in [-0.2, 0) is 25.5 Å². The van der Waals surface area contributed by atoms with E-state index < -0.39 is 23.8 Å². The maximum atomic E-state index is 13.4. The highest BCUT2D eigenvalue weighted by atomic mass is 16.5. The summed E-state index contributed by atoms with van der Waals surface area (Å²) in [6.07, 6.45) is 3.51. The van der Waals surface area contributed by atoms with Gasteiger partial charge >= 0.3 is 5.97 Å². The number of amides is 2. The maximum absolute atomic E-state index is 13.4. The lowest BCUT2D eigenvalue weighted by molar-refractivity contribution is -0.138. The number of carbonyl (C=O) groups is 3. The van der Waals surface area contributed by atoms with Crippen molar-refractivity contribution in [2.75, 3.05) is 14.2 Å². The molecule has 2 atom stereocenters. The molecule has 0 aliphatic rings. The number of carbonyl (C=O) groups excluding carboxylic acids is 3. The number of H-pyrrole nitrogens is 1. The van der Waals surface area contributed by atoms with Crippen LogP contribution < -0.4 is 15.4 Å². The molecule has 3 aromatic carbocycles. The number of aromatic nitrogens is 1. The summed E-state index contributed by atoms with van der Waals surface area (Å²) in [4.78, 5) is 42.0. The van der Waals surface area contributed by atoms with E-state index in [9.17, 15) is 14.4 Å². The summed E-state index contributed by atoms with van der Waals surface area (Å²) in [5.74, 6) is -1.26. The minimum atomic E-state index is -0.937. The molecule has 8 nitrogen and oxygen atoms in total. The van der Waals surface area contributed by atoms with E-state index in [0.29, 0.717) is 0 Å². The smallest absolute Gasteiger partial charge is 0.354 e. The van der Waals surface area contributed by atoms with E-state index in [-0.39, 0.29) is 18.0 Å². The second kappa shape index (κ2) is 11.6. The number of methoxy groups -OCH3 is 2. The standard InChI is InChI=1S/C30H31N3O5/c1-5-25(30(36)38-4)32-29(35)27(16-22-17-31-26-9-7-6-8-24(22)26)33-28(34)18(2)19-10-11-21-15-23(37-3)13-12-20(21)14-19/h5-15,17-18,27,31H,16H2,1-4H3,(H,32,35)(H,33,34)/b25-5-/t18-,27-/m0/s1. The molecule has 4 rings (SSSR count). The quantitative estimate of drug-likeness (QED) is 0.228. The van der Waals surface area contributed by atoms with Crippen molar-refractivity contribution in [3.05, 3.63) is 89.8 Å². The Morgan fingerprint density at radius 2 is 1.71 bits per heavy atom. The van der Waals surface area contributed by atoms with Crippen molar-refractivity contribution >= 4 is 39.5 Å². The van der Waals surface area contributed by atoms with Crippen molar-refractivity contribution in [1.82, 2.24) is 15.6 Å². The number of hydrogen-bond donors (Lipinski definition) is 3. The molecule has 0 fully saturated rings. The fourth-order valence-corrected chi connectivity index (χ4v) is 4.39. The summed E-state index contributed by atoms with van der Waals surface area (Å²) in [6.45, 7) is 3.42. The first-order valence-corrected chi connectivity index (χ1v) is 12.3. The largest absolute Gasteiger partial charge is 0.497 e. The molecule has 0 radical (unpaired) electrons. The van der Waals surface area contributed by atoms with Crippen LogP contribution in [0.15, 0.2) is 78.6 Å². The molecule has 0 spiro atoms. The number of rotatable bonds is 9. The van der Waals surface area contributed by atoms with Crippen LogP contribution in [-0.4, -0.2) is 43.0 Å². The first kappa shape index (κ1) is 26.5. The van der Waals surface area contributed by atoms with Gasteiger partial charge in [-0.1, -0.05) is 48.5 Å². The number of allylic oxidation sites excluding steroid dienone is 1. The van der Waals surface area contributed by atoms with Gasteiger partial charge in [0.15, 0.2) is 0 Å². The third-order valence-electron chi connectivity index (χ3n) is 6.65. The summed E-state index contributed by atoms with van der Waals surface area (Å²) in [5.41, 5.74) is 2.62. The SMILES string of the molecule is C/C=C(\NC(=O)[C@H](Cc1c[nH]c2ccccc12)NC(=O)[C@@H](C)c1ccc2cc(OC)ccc2c1)C(=O)OC. The molecule has 0 aliphatic carbocycles. The lowest BCUT2D eigenvalue weighted by Gasteiger charge is -2.21. The van der Waals surface area contributed by atoms with Crippen LogP contribution >= 0.6 is 0 Å². The third kappa shape index (κ3) is 5.70. The summed E-state index contributed by atoms with van der Waals surface area (Å²) in [6, 6.07) is 18.4. The van der Waals surface area contributed by atoms with E-state index in [0.717, 1.165) is 38.6 Å². The van der Waals surface area contributed by atoms with E-state index in [1.165, 1.54) is 13.2 Å². The fourth-order valence-electron chi connectivity index (χ4n) is 4.39. The number of nitrogens with one attached hydrogen (secondary N) is 3. The summed E-state index contributed by atoms with van der Waals surface area (Å²) < 4.78 is 10.0. The average Bonchev–Trinajstić information content (AvgIpc) is 3.36. The minimum Gasteiger partial charge on any atom is -0.497 e. The Bertz CT molecular complexity index is 1520. The second-order valence-corrected chi connectivity index (χ2v) is 9.00. The number of aromatic amines is 1. The molecule has 0 aliphatic heterocycles. The number of para-hydroxylation sites is 1. The first-order valence-electron chi connectivity index (χ1n) is 12.3. The molecular weight excluding hydrogens is 482 g/mol. The molecule has 1 aromatic heterocycles. The Hall–Kier alpha value is -4.59. The van der Waals surface area contributed by atoms with Crippen molar-refractivity contribution < 1.29 is 23.9 Å². The van der Waals surface area contributed by atoms with E-state index in [4.69, 9.17) is 9.47 Å². The lowest BCUT2D eigenvalue weighted by atomic mass is 9.96. The lowest BCUT2D eigenvalue weighted by Crippen LogP contribution is -2.49. The van der Waals surface area contributed by atoms with Gasteiger partial charge in [0.25, 0.3) is 0 Å². The minimum absolute atomic E-state index is 0.00804. The monoisotopic (exact) mass is 513 g/mol. The van der Waals surface area contributed by atoms with Gasteiger partial charge in [-0.05, 0) is 53.9 Å². The third-order valence-corrected chi connectivity index (χ3v) is 6.65. The highest BCUT2D eigenvalue weighted by molar-refractivity contribution is 5.98. The van der Waals surface area contributed by atoms with Crippen LogP contribution in [0.4, 0.5) is 0 Å². The Balaban J connectivity index is 1.59. The van der Waals surface area contributed by atoms with Gasteiger partial charge in [-0.15, -0.1) is 0 Å². The zero-order valence-electron chi connectivity index (χ0n) is 21.8. The summed E-state index contributed by atoms with van der Waals surface area (Å²) in [7, 11) is 2.86. The van der Waals surface area contributed by atoms with Gasteiger partial charge in [0, 0.05) is 23.5 Å². The molecular formula is C30H31N3O5. The Morgan fingerprint density at radius 1 is 0.974 bits per heavy atom. The van der Waals surface area contributed by atoms with Gasteiger partial charge in [0.2, 0.25) is 11.8 Å². The van der Waals surface area contributed by atoms with Crippen molar-refractivity contribution in [2.45, 2.75) is 32.2 Å². The van der Waals surface area contributed by atoms with Crippen LogP contribution in [0.1, 0.15) is 30.9 Å². The van der Waals surface area contributed by atoms with Gasteiger partial charge in [-0.3, -0.25) is 9.59 Å². The van der Waals surface area contributed by atoms with E-state index in [2.05, 4.69) is 15.6 Å². The molecule has 0 saturated heterocycles. The molecule has 0 saturated carbocycles. The van der Waals surface area contributed by atoms with Crippen LogP contribution in [0, 0.1) is 0 Å². The molecule has 0 bridgehead atoms. The number of ether oxygens (including phenoxy) is 2. The van der Waals surface area contributed by atoms with Crippen LogP contribution in [0.2, 0.25) is 0 Å². The van der Waals surface area contributed by atoms with Crippen LogP contribution in [0.25, 0.3) is 21.7 Å². The topological polar surface area (TPSA) is 110 Å².